The van der Waals surface area contributed by atoms with Crippen molar-refractivity contribution < 1.29 is 17.9 Å². The van der Waals surface area contributed by atoms with Gasteiger partial charge in [0.1, 0.15) is 17.6 Å². The van der Waals surface area contributed by atoms with Crippen LogP contribution in [0.15, 0.2) is 29.1 Å². The van der Waals surface area contributed by atoms with E-state index in [0.717, 1.165) is 25.7 Å². The second-order valence-electron chi connectivity index (χ2n) is 6.31. The van der Waals surface area contributed by atoms with Crippen LogP contribution in [0.3, 0.4) is 0 Å². The molecule has 6 nitrogen and oxygen atoms in total. The standard InChI is InChI=1S/C18H17F3N4O2/c19-18(20,21)27-14-8-4-1-5-11(14)9-15-24-16(13(10-22)17(26)25-15)23-12-6-2-3-7-12/h1,4-5,8,12H,2-3,6-7,9H2,(H2,23,24,25,26). The average molecular weight is 378 g/mol. The monoisotopic (exact) mass is 378 g/mol. The lowest BCUT2D eigenvalue weighted by Crippen LogP contribution is -2.23. The Kier molecular flexibility index (Phi) is 5.35. The molecule has 0 amide bonds. The Morgan fingerprint density at radius 2 is 2.00 bits per heavy atom. The lowest BCUT2D eigenvalue weighted by molar-refractivity contribution is -0.274. The van der Waals surface area contributed by atoms with E-state index in [0.29, 0.717) is 0 Å². The summed E-state index contributed by atoms with van der Waals surface area (Å²) < 4.78 is 41.7. The molecule has 1 aliphatic carbocycles. The summed E-state index contributed by atoms with van der Waals surface area (Å²) in [5.41, 5.74) is -0.544. The van der Waals surface area contributed by atoms with E-state index >= 15 is 0 Å². The van der Waals surface area contributed by atoms with Crippen molar-refractivity contribution in [3.05, 3.63) is 51.6 Å². The van der Waals surface area contributed by atoms with Crippen molar-refractivity contribution in [2.45, 2.75) is 44.5 Å². The summed E-state index contributed by atoms with van der Waals surface area (Å²) in [5.74, 6) is -0.0441. The van der Waals surface area contributed by atoms with Crippen LogP contribution in [0.4, 0.5) is 19.0 Å². The second kappa shape index (κ2) is 7.70. The van der Waals surface area contributed by atoms with Crippen LogP contribution in [0.25, 0.3) is 0 Å². The molecule has 1 saturated carbocycles. The molecule has 0 bridgehead atoms. The fraction of sp³-hybridized carbons (Fsp3) is 0.389. The third-order valence-corrected chi connectivity index (χ3v) is 4.33. The number of aromatic amines is 1. The van der Waals surface area contributed by atoms with E-state index in [1.54, 1.807) is 6.07 Å². The average Bonchev–Trinajstić information content (AvgIpc) is 3.08. The maximum absolute atomic E-state index is 12.6. The van der Waals surface area contributed by atoms with Crippen molar-refractivity contribution in [1.29, 1.82) is 5.26 Å². The zero-order valence-electron chi connectivity index (χ0n) is 14.3. The fourth-order valence-electron chi connectivity index (χ4n) is 3.13. The number of anilines is 1. The first kappa shape index (κ1) is 18.8. The van der Waals surface area contributed by atoms with Crippen LogP contribution >= 0.6 is 0 Å². The van der Waals surface area contributed by atoms with Gasteiger partial charge in [0.2, 0.25) is 0 Å². The number of hydrogen-bond acceptors (Lipinski definition) is 5. The van der Waals surface area contributed by atoms with Crippen LogP contribution in [0.1, 0.15) is 42.6 Å². The summed E-state index contributed by atoms with van der Waals surface area (Å²) in [5, 5.41) is 12.3. The third-order valence-electron chi connectivity index (χ3n) is 4.33. The zero-order chi connectivity index (χ0) is 19.4. The zero-order valence-corrected chi connectivity index (χ0v) is 14.3. The van der Waals surface area contributed by atoms with Gasteiger partial charge in [0, 0.05) is 18.0 Å². The van der Waals surface area contributed by atoms with Crippen LogP contribution in [-0.2, 0) is 6.42 Å². The number of alkyl halides is 3. The number of nitriles is 1. The lowest BCUT2D eigenvalue weighted by Gasteiger charge is -2.15. The molecule has 0 aliphatic heterocycles. The first-order valence-corrected chi connectivity index (χ1v) is 8.49. The molecule has 1 aromatic carbocycles. The number of aromatic nitrogens is 2. The van der Waals surface area contributed by atoms with Gasteiger partial charge in [0.05, 0.1) is 0 Å². The molecule has 27 heavy (non-hydrogen) atoms. The number of nitrogens with zero attached hydrogens (tertiary/aromatic N) is 2. The minimum absolute atomic E-state index is 0.0768. The van der Waals surface area contributed by atoms with Crippen molar-refractivity contribution >= 4 is 5.82 Å². The quantitative estimate of drug-likeness (QED) is 0.831. The molecule has 0 radical (unpaired) electrons. The minimum atomic E-state index is -4.82. The summed E-state index contributed by atoms with van der Waals surface area (Å²) in [7, 11) is 0. The molecule has 0 spiro atoms. The largest absolute Gasteiger partial charge is 0.573 e. The van der Waals surface area contributed by atoms with Crippen LogP contribution in [0, 0.1) is 11.3 Å². The maximum atomic E-state index is 12.6. The Balaban J connectivity index is 1.91. The molecule has 2 aromatic rings. The van der Waals surface area contributed by atoms with Crippen LogP contribution in [0.2, 0.25) is 0 Å². The second-order valence-corrected chi connectivity index (χ2v) is 6.31. The smallest absolute Gasteiger partial charge is 0.405 e. The predicted molar refractivity (Wildman–Crippen MR) is 91.4 cm³/mol. The van der Waals surface area contributed by atoms with E-state index in [2.05, 4.69) is 20.0 Å². The molecule has 1 aromatic heterocycles. The number of ether oxygens (including phenoxy) is 1. The Morgan fingerprint density at radius 1 is 1.30 bits per heavy atom. The Hall–Kier alpha value is -3.02. The van der Waals surface area contributed by atoms with Gasteiger partial charge in [-0.1, -0.05) is 31.0 Å². The molecule has 1 fully saturated rings. The summed E-state index contributed by atoms with van der Waals surface area (Å²) >= 11 is 0. The van der Waals surface area contributed by atoms with Gasteiger partial charge in [0.15, 0.2) is 11.4 Å². The first-order chi connectivity index (χ1) is 12.9. The molecule has 0 atom stereocenters. The van der Waals surface area contributed by atoms with E-state index in [1.807, 2.05) is 6.07 Å². The molecule has 1 aliphatic rings. The molecule has 142 valence electrons. The number of hydrogen-bond donors (Lipinski definition) is 2. The maximum Gasteiger partial charge on any atom is 0.573 e. The van der Waals surface area contributed by atoms with Crippen molar-refractivity contribution in [2.24, 2.45) is 0 Å². The highest BCUT2D eigenvalue weighted by molar-refractivity contribution is 5.51. The summed E-state index contributed by atoms with van der Waals surface area (Å²) in [4.78, 5) is 18.9. The van der Waals surface area contributed by atoms with E-state index in [1.165, 1.54) is 18.2 Å². The number of benzene rings is 1. The van der Waals surface area contributed by atoms with Gasteiger partial charge in [-0.3, -0.25) is 4.79 Å². The SMILES string of the molecule is N#Cc1c(NC2CCCC2)nc(Cc2ccccc2OC(F)(F)F)[nH]c1=O. The molecule has 1 heterocycles. The van der Waals surface area contributed by atoms with Crippen LogP contribution in [0.5, 0.6) is 5.75 Å². The van der Waals surface area contributed by atoms with Gasteiger partial charge in [-0.25, -0.2) is 4.98 Å². The van der Waals surface area contributed by atoms with Crippen LogP contribution < -0.4 is 15.6 Å². The van der Waals surface area contributed by atoms with E-state index in [-0.39, 0.29) is 41.0 Å². The fourth-order valence-corrected chi connectivity index (χ4v) is 3.13. The van der Waals surface area contributed by atoms with Gasteiger partial charge in [-0.15, -0.1) is 13.2 Å². The van der Waals surface area contributed by atoms with Gasteiger partial charge in [0.25, 0.3) is 5.56 Å². The molecule has 3 rings (SSSR count). The highest BCUT2D eigenvalue weighted by atomic mass is 19.4. The number of halogens is 3. The molecule has 0 saturated heterocycles. The van der Waals surface area contributed by atoms with Gasteiger partial charge >= 0.3 is 6.36 Å². The molecular weight excluding hydrogens is 361 g/mol. The lowest BCUT2D eigenvalue weighted by atomic mass is 10.1. The number of H-pyrrole nitrogens is 1. The summed E-state index contributed by atoms with van der Waals surface area (Å²) in [6.45, 7) is 0. The molecule has 9 heteroatoms. The highest BCUT2D eigenvalue weighted by Gasteiger charge is 2.32. The van der Waals surface area contributed by atoms with Gasteiger partial charge in [-0.05, 0) is 18.9 Å². The molecule has 0 unspecified atom stereocenters. The Labute approximate surface area is 153 Å². The van der Waals surface area contributed by atoms with Gasteiger partial charge in [-0.2, -0.15) is 5.26 Å². The van der Waals surface area contributed by atoms with Crippen molar-refractivity contribution in [2.75, 3.05) is 5.32 Å². The Bertz CT molecular complexity index is 912. The molecule has 2 N–H and O–H groups in total. The third kappa shape index (κ3) is 4.78. The number of para-hydroxylation sites is 1. The topological polar surface area (TPSA) is 90.8 Å². The van der Waals surface area contributed by atoms with Crippen molar-refractivity contribution in [3.63, 3.8) is 0 Å². The first-order valence-electron chi connectivity index (χ1n) is 8.49. The highest BCUT2D eigenvalue weighted by Crippen LogP contribution is 2.28. The van der Waals surface area contributed by atoms with Gasteiger partial charge < -0.3 is 15.0 Å². The van der Waals surface area contributed by atoms with E-state index in [4.69, 9.17) is 0 Å². The Morgan fingerprint density at radius 3 is 2.67 bits per heavy atom. The van der Waals surface area contributed by atoms with Crippen LogP contribution in [-0.4, -0.2) is 22.4 Å². The number of rotatable bonds is 5. The minimum Gasteiger partial charge on any atom is -0.405 e. The van der Waals surface area contributed by atoms with E-state index < -0.39 is 11.9 Å². The van der Waals surface area contributed by atoms with E-state index in [9.17, 15) is 23.2 Å². The summed E-state index contributed by atoms with van der Waals surface area (Å²) in [6.07, 6.45) is -0.966. The van der Waals surface area contributed by atoms with Crippen molar-refractivity contribution in [1.82, 2.24) is 9.97 Å². The normalized spacial score (nSPS) is 14.7. The summed E-state index contributed by atoms with van der Waals surface area (Å²) in [6, 6.07) is 7.60. The molecular formula is C18H17F3N4O2. The number of nitrogens with one attached hydrogen (secondary N) is 2. The van der Waals surface area contributed by atoms with Crippen molar-refractivity contribution in [3.8, 4) is 11.8 Å². The predicted octanol–water partition coefficient (Wildman–Crippen LogP) is 3.49.